The highest BCUT2D eigenvalue weighted by Gasteiger charge is 2.48. The molecule has 1 aromatic carbocycles. The average Bonchev–Trinajstić information content (AvgIpc) is 2.37. The number of ether oxygens (including phenoxy) is 1. The Morgan fingerprint density at radius 3 is 2.16 bits per heavy atom. The highest BCUT2D eigenvalue weighted by Crippen LogP contribution is 2.31. The van der Waals surface area contributed by atoms with Crippen LogP contribution in [0.2, 0.25) is 0 Å². The van der Waals surface area contributed by atoms with E-state index < -0.39 is 22.5 Å². The molecule has 1 atom stereocenters. The number of carbonyl (C=O) groups is 2. The third kappa shape index (κ3) is 3.46. The van der Waals surface area contributed by atoms with E-state index in [0.717, 1.165) is 7.11 Å². The molecule has 1 N–H and O–H groups in total. The maximum atomic E-state index is 12.3. The summed E-state index contributed by atoms with van der Waals surface area (Å²) in [5.74, 6) is -3.32. The molecule has 1 amide bonds. The molecule has 1 aromatic rings. The van der Waals surface area contributed by atoms with Gasteiger partial charge < -0.3 is 10.1 Å². The first-order valence-corrected chi connectivity index (χ1v) is 5.73. The number of rotatable bonds is 3. The Morgan fingerprint density at radius 2 is 1.74 bits per heavy atom. The van der Waals surface area contributed by atoms with Crippen LogP contribution in [0, 0.1) is 0 Å². The first-order chi connectivity index (χ1) is 8.71. The summed E-state index contributed by atoms with van der Waals surface area (Å²) in [7, 11) is 1.00. The summed E-state index contributed by atoms with van der Waals surface area (Å²) < 4.78 is 39.2. The van der Waals surface area contributed by atoms with E-state index in [1.54, 1.807) is 11.4 Å². The van der Waals surface area contributed by atoms with Crippen molar-refractivity contribution in [2.24, 2.45) is 0 Å². The maximum absolute atomic E-state index is 12.3. The largest absolute Gasteiger partial charge is 0.471 e. The van der Waals surface area contributed by atoms with Crippen LogP contribution in [-0.2, 0) is 18.8 Å². The second kappa shape index (κ2) is 5.60. The minimum absolute atomic E-state index is 0.111. The Balaban J connectivity index is 3.16. The van der Waals surface area contributed by atoms with Crippen molar-refractivity contribution in [3.63, 3.8) is 0 Å². The normalized spacial score (nSPS) is 14.4. The number of amides is 1. The molecule has 0 aromatic heterocycles. The highest BCUT2D eigenvalue weighted by molar-refractivity contribution is 9.10. The summed E-state index contributed by atoms with van der Waals surface area (Å²) in [6.07, 6.45) is -5.11. The first kappa shape index (κ1) is 15.5. The van der Waals surface area contributed by atoms with E-state index in [0.29, 0.717) is 0 Å². The molecular formula is C11H9BrF3NO3. The lowest BCUT2D eigenvalue weighted by Crippen LogP contribution is -2.52. The van der Waals surface area contributed by atoms with Crippen molar-refractivity contribution < 1.29 is 27.5 Å². The van der Waals surface area contributed by atoms with Crippen molar-refractivity contribution in [3.05, 3.63) is 35.9 Å². The van der Waals surface area contributed by atoms with Gasteiger partial charge in [-0.2, -0.15) is 13.2 Å². The van der Waals surface area contributed by atoms with Crippen LogP contribution in [0.3, 0.4) is 0 Å². The molecule has 104 valence electrons. The van der Waals surface area contributed by atoms with Crippen molar-refractivity contribution in [1.29, 1.82) is 0 Å². The van der Waals surface area contributed by atoms with E-state index in [2.05, 4.69) is 20.7 Å². The molecule has 0 aliphatic heterocycles. The number of nitrogens with one attached hydrogen (secondary N) is 1. The van der Waals surface area contributed by atoms with Crippen molar-refractivity contribution in [3.8, 4) is 0 Å². The second-order valence-electron chi connectivity index (χ2n) is 3.47. The molecular weight excluding hydrogens is 331 g/mol. The molecule has 0 saturated carbocycles. The van der Waals surface area contributed by atoms with E-state index in [4.69, 9.17) is 0 Å². The molecule has 1 rings (SSSR count). The molecule has 0 heterocycles. The number of benzene rings is 1. The van der Waals surface area contributed by atoms with Gasteiger partial charge in [-0.05, 0) is 21.5 Å². The van der Waals surface area contributed by atoms with Crippen LogP contribution in [0.15, 0.2) is 30.3 Å². The number of alkyl halides is 4. The molecule has 0 radical (unpaired) electrons. The number of hydrogen-bond acceptors (Lipinski definition) is 3. The zero-order chi connectivity index (χ0) is 14.7. The third-order valence-corrected chi connectivity index (χ3v) is 3.16. The van der Waals surface area contributed by atoms with Gasteiger partial charge in [-0.3, -0.25) is 4.79 Å². The molecule has 0 bridgehead atoms. The van der Waals surface area contributed by atoms with Crippen LogP contribution < -0.4 is 5.32 Å². The van der Waals surface area contributed by atoms with E-state index >= 15 is 0 Å². The van der Waals surface area contributed by atoms with Gasteiger partial charge in [-0.1, -0.05) is 30.3 Å². The highest BCUT2D eigenvalue weighted by atomic mass is 79.9. The molecule has 0 spiro atoms. The van der Waals surface area contributed by atoms with Gasteiger partial charge >= 0.3 is 18.1 Å². The van der Waals surface area contributed by atoms with Crippen LogP contribution in [0.1, 0.15) is 5.56 Å². The fraction of sp³-hybridized carbons (Fsp3) is 0.273. The quantitative estimate of drug-likeness (QED) is 0.521. The number of hydrogen-bond donors (Lipinski definition) is 1. The minimum Gasteiger partial charge on any atom is -0.466 e. The van der Waals surface area contributed by atoms with Crippen molar-refractivity contribution >= 4 is 27.8 Å². The smallest absolute Gasteiger partial charge is 0.466 e. The zero-order valence-corrected chi connectivity index (χ0v) is 11.2. The fourth-order valence-corrected chi connectivity index (χ4v) is 1.88. The first-order valence-electron chi connectivity index (χ1n) is 4.94. The number of esters is 1. The van der Waals surface area contributed by atoms with Gasteiger partial charge in [0.05, 0.1) is 7.11 Å². The topological polar surface area (TPSA) is 55.4 Å². The van der Waals surface area contributed by atoms with E-state index in [1.165, 1.54) is 24.3 Å². The molecule has 19 heavy (non-hydrogen) atoms. The molecule has 0 fully saturated rings. The monoisotopic (exact) mass is 339 g/mol. The van der Waals surface area contributed by atoms with Crippen LogP contribution in [-0.4, -0.2) is 25.2 Å². The van der Waals surface area contributed by atoms with E-state index in [1.807, 2.05) is 0 Å². The molecule has 8 heteroatoms. The summed E-state index contributed by atoms with van der Waals surface area (Å²) in [6.45, 7) is 0. The van der Waals surface area contributed by atoms with Gasteiger partial charge in [0.25, 0.3) is 0 Å². The predicted molar refractivity (Wildman–Crippen MR) is 63.3 cm³/mol. The summed E-state index contributed by atoms with van der Waals surface area (Å²) in [6, 6.07) is 7.38. The summed E-state index contributed by atoms with van der Waals surface area (Å²) in [5.41, 5.74) is 0.111. The molecule has 0 saturated heterocycles. The third-order valence-electron chi connectivity index (χ3n) is 2.18. The van der Waals surface area contributed by atoms with E-state index in [-0.39, 0.29) is 5.56 Å². The summed E-state index contributed by atoms with van der Waals surface area (Å²) in [4.78, 5) is 22.6. The standard InChI is InChI=1S/C11H9BrF3NO3/c1-19-9(18)10(12,7-5-3-2-4-6-7)16-8(17)11(13,14)15/h2-6H,1H3,(H,16,17). The van der Waals surface area contributed by atoms with Crippen LogP contribution in [0.4, 0.5) is 13.2 Å². The molecule has 0 aliphatic rings. The van der Waals surface area contributed by atoms with Crippen molar-refractivity contribution in [2.75, 3.05) is 7.11 Å². The SMILES string of the molecule is COC(=O)C(Br)(NC(=O)C(F)(F)F)c1ccccc1. The van der Waals surface area contributed by atoms with Gasteiger partial charge in [0.2, 0.25) is 4.45 Å². The Bertz CT molecular complexity index is 478. The fourth-order valence-electron chi connectivity index (χ4n) is 1.28. The average molecular weight is 340 g/mol. The second-order valence-corrected chi connectivity index (χ2v) is 4.66. The molecule has 1 unspecified atom stereocenters. The van der Waals surface area contributed by atoms with E-state index in [9.17, 15) is 22.8 Å². The Morgan fingerprint density at radius 1 is 1.21 bits per heavy atom. The van der Waals surface area contributed by atoms with Crippen molar-refractivity contribution in [2.45, 2.75) is 10.6 Å². The van der Waals surface area contributed by atoms with Crippen LogP contribution in [0.25, 0.3) is 0 Å². The van der Waals surface area contributed by atoms with Gasteiger partial charge in [0.15, 0.2) is 0 Å². The Labute approximate surface area is 115 Å². The Kier molecular flexibility index (Phi) is 4.56. The lowest BCUT2D eigenvalue weighted by molar-refractivity contribution is -0.176. The summed E-state index contributed by atoms with van der Waals surface area (Å²) in [5, 5.41) is 1.58. The number of carbonyl (C=O) groups excluding carboxylic acids is 2. The predicted octanol–water partition coefficient (Wildman–Crippen LogP) is 2.09. The molecule has 4 nitrogen and oxygen atoms in total. The van der Waals surface area contributed by atoms with Crippen LogP contribution in [0.5, 0.6) is 0 Å². The van der Waals surface area contributed by atoms with Gasteiger partial charge in [-0.15, -0.1) is 0 Å². The van der Waals surface area contributed by atoms with Crippen LogP contribution >= 0.6 is 15.9 Å². The van der Waals surface area contributed by atoms with Crippen molar-refractivity contribution in [1.82, 2.24) is 5.32 Å². The maximum Gasteiger partial charge on any atom is 0.471 e. The van der Waals surface area contributed by atoms with Gasteiger partial charge in [0, 0.05) is 0 Å². The number of methoxy groups -OCH3 is 1. The molecule has 0 aliphatic carbocycles. The zero-order valence-electron chi connectivity index (χ0n) is 9.62. The number of halogens is 4. The van der Waals surface area contributed by atoms with Gasteiger partial charge in [0.1, 0.15) is 0 Å². The lowest BCUT2D eigenvalue weighted by Gasteiger charge is -2.26. The minimum atomic E-state index is -5.11. The van der Waals surface area contributed by atoms with Gasteiger partial charge in [-0.25, -0.2) is 4.79 Å². The lowest BCUT2D eigenvalue weighted by atomic mass is 10.1. The Hall–Kier alpha value is -1.57. The summed E-state index contributed by atoms with van der Waals surface area (Å²) >= 11 is 2.81.